The second-order valence-corrected chi connectivity index (χ2v) is 16.2. The lowest BCUT2D eigenvalue weighted by molar-refractivity contribution is -0.305. The predicted molar refractivity (Wildman–Crippen MR) is 247 cm³/mol. The van der Waals surface area contributed by atoms with Crippen molar-refractivity contribution in [2.45, 2.75) is 218 Å². The Morgan fingerprint density at radius 3 is 1.55 bits per heavy atom. The van der Waals surface area contributed by atoms with Crippen LogP contribution in [-0.4, -0.2) is 89.6 Å². The third-order valence-corrected chi connectivity index (χ3v) is 10.6. The van der Waals surface area contributed by atoms with E-state index in [1.54, 1.807) is 0 Å². The van der Waals surface area contributed by atoms with E-state index in [2.05, 4.69) is 86.8 Å². The molecule has 1 aliphatic rings. The maximum Gasteiger partial charge on any atom is 0.306 e. The van der Waals surface area contributed by atoms with Gasteiger partial charge in [0.25, 0.3) is 0 Å². The maximum absolute atomic E-state index is 12.8. The van der Waals surface area contributed by atoms with Crippen molar-refractivity contribution in [2.75, 3.05) is 26.4 Å². The summed E-state index contributed by atoms with van der Waals surface area (Å²) in [5.74, 6) is -0.336. The van der Waals surface area contributed by atoms with E-state index >= 15 is 0 Å². The van der Waals surface area contributed by atoms with Gasteiger partial charge in [0.2, 0.25) is 0 Å². The van der Waals surface area contributed by atoms with Crippen LogP contribution in [0.15, 0.2) is 72.9 Å². The number of ether oxygens (including phenoxy) is 4. The van der Waals surface area contributed by atoms with Gasteiger partial charge in [-0.05, 0) is 83.5 Å². The average Bonchev–Trinajstić information content (AvgIpc) is 3.25. The quantitative estimate of drug-likeness (QED) is 0.0270. The van der Waals surface area contributed by atoms with Crippen LogP contribution in [0.4, 0.5) is 0 Å². The predicted octanol–water partition coefficient (Wildman–Crippen LogP) is 11.3. The number of rotatable bonds is 40. The number of carbonyl (C=O) groups is 1. The van der Waals surface area contributed by atoms with E-state index in [1.165, 1.54) is 64.2 Å². The lowest BCUT2D eigenvalue weighted by Crippen LogP contribution is -2.59. The van der Waals surface area contributed by atoms with Crippen molar-refractivity contribution in [3.63, 3.8) is 0 Å². The molecule has 1 rings (SSSR count). The van der Waals surface area contributed by atoms with Crippen LogP contribution in [0.5, 0.6) is 0 Å². The molecule has 0 spiro atoms. The summed E-state index contributed by atoms with van der Waals surface area (Å²) in [5, 5.41) is 40.2. The van der Waals surface area contributed by atoms with Gasteiger partial charge in [-0.15, -0.1) is 0 Å². The normalized spacial score (nSPS) is 20.7. The molecule has 1 fully saturated rings. The van der Waals surface area contributed by atoms with Gasteiger partial charge < -0.3 is 39.4 Å². The van der Waals surface area contributed by atoms with Crippen LogP contribution in [-0.2, 0) is 23.7 Å². The number of carbonyl (C=O) groups excluding carboxylic acids is 1. The van der Waals surface area contributed by atoms with E-state index in [0.717, 1.165) is 96.3 Å². The smallest absolute Gasteiger partial charge is 0.306 e. The molecule has 9 heteroatoms. The molecule has 4 N–H and O–H groups in total. The Hall–Kier alpha value is -2.37. The van der Waals surface area contributed by atoms with E-state index in [-0.39, 0.29) is 19.2 Å². The van der Waals surface area contributed by atoms with Crippen LogP contribution in [0.3, 0.4) is 0 Å². The van der Waals surface area contributed by atoms with Crippen LogP contribution in [0.25, 0.3) is 0 Å². The zero-order valence-electron chi connectivity index (χ0n) is 37.9. The molecule has 0 aromatic rings. The zero-order chi connectivity index (χ0) is 43.6. The van der Waals surface area contributed by atoms with Gasteiger partial charge in [0.15, 0.2) is 6.29 Å². The third-order valence-electron chi connectivity index (χ3n) is 10.6. The molecule has 0 radical (unpaired) electrons. The van der Waals surface area contributed by atoms with Crippen LogP contribution < -0.4 is 0 Å². The number of aliphatic hydroxyl groups is 4. The van der Waals surface area contributed by atoms with Crippen molar-refractivity contribution < 1.29 is 44.2 Å². The second-order valence-electron chi connectivity index (χ2n) is 16.2. The Morgan fingerprint density at radius 2 is 1.02 bits per heavy atom. The molecule has 1 saturated heterocycles. The molecule has 0 amide bonds. The molecule has 9 nitrogen and oxygen atoms in total. The molecule has 60 heavy (non-hydrogen) atoms. The molecule has 1 heterocycles. The first-order valence-corrected chi connectivity index (χ1v) is 24.0. The summed E-state index contributed by atoms with van der Waals surface area (Å²) in [7, 11) is 0. The van der Waals surface area contributed by atoms with Gasteiger partial charge in [0, 0.05) is 13.0 Å². The molecule has 0 saturated carbocycles. The lowest BCUT2D eigenvalue weighted by atomic mass is 9.99. The summed E-state index contributed by atoms with van der Waals surface area (Å²) < 4.78 is 22.8. The highest BCUT2D eigenvalue weighted by Gasteiger charge is 2.44. The number of unbranched alkanes of at least 4 members (excludes halogenated alkanes) is 17. The number of allylic oxidation sites excluding steroid dienone is 12. The Balaban J connectivity index is 2.27. The minimum atomic E-state index is -1.54. The highest BCUT2D eigenvalue weighted by Crippen LogP contribution is 2.22. The fourth-order valence-corrected chi connectivity index (χ4v) is 6.87. The van der Waals surface area contributed by atoms with Gasteiger partial charge in [0.1, 0.15) is 30.5 Å². The van der Waals surface area contributed by atoms with Gasteiger partial charge in [-0.1, -0.05) is 164 Å². The molecule has 1 aliphatic heterocycles. The van der Waals surface area contributed by atoms with E-state index in [0.29, 0.717) is 13.0 Å². The van der Waals surface area contributed by atoms with Crippen molar-refractivity contribution in [3.05, 3.63) is 72.9 Å². The fraction of sp³-hybridized carbons (Fsp3) is 0.745. The summed E-state index contributed by atoms with van der Waals surface area (Å²) in [4.78, 5) is 12.8. The average molecular weight is 845 g/mol. The van der Waals surface area contributed by atoms with Gasteiger partial charge >= 0.3 is 5.97 Å². The van der Waals surface area contributed by atoms with E-state index in [4.69, 9.17) is 18.9 Å². The van der Waals surface area contributed by atoms with Crippen molar-refractivity contribution in [1.29, 1.82) is 0 Å². The summed E-state index contributed by atoms with van der Waals surface area (Å²) in [6, 6.07) is 0. The molecule has 0 aliphatic carbocycles. The van der Waals surface area contributed by atoms with Crippen molar-refractivity contribution in [2.24, 2.45) is 0 Å². The standard InChI is InChI=1S/C51H88O9/c1-3-5-7-9-11-13-15-17-19-21-22-23-24-25-26-28-30-32-34-36-38-40-47(53)59-45(44-58-51-50(56)49(55)48(54)46(42-52)60-51)43-57-41-39-37-35-33-31-29-27-20-18-16-14-12-10-8-6-4-2/h5,7,11,13,17-20,22-23,25-26,45-46,48-52,54-56H,3-4,6,8-10,12,14-16,21,24,27-44H2,1-2H3/b7-5-,13-11-,19-17-,20-18-,23-22-,26-25-. The summed E-state index contributed by atoms with van der Waals surface area (Å²) in [6.07, 6.45) is 47.8. The topological polar surface area (TPSA) is 135 Å². The minimum Gasteiger partial charge on any atom is -0.457 e. The SMILES string of the molecule is CC/C=C\C/C=C\C/C=C\C/C=C\C/C=C\CCCCCCCC(=O)OC(COCCCCCCCC/C=C\CCCCCCCC)COC1OC(CO)C(O)C(O)C1O. The Kier molecular flexibility index (Phi) is 38.9. The second kappa shape index (κ2) is 42.0. The van der Waals surface area contributed by atoms with E-state index in [9.17, 15) is 25.2 Å². The Labute approximate surface area is 366 Å². The first kappa shape index (κ1) is 55.6. The molecule has 0 aromatic heterocycles. The third kappa shape index (κ3) is 32.4. The Bertz CT molecular complexity index is 1140. The van der Waals surface area contributed by atoms with E-state index < -0.39 is 43.4 Å². The van der Waals surface area contributed by atoms with Crippen LogP contribution in [0.1, 0.15) is 181 Å². The van der Waals surface area contributed by atoms with Gasteiger partial charge in [0.05, 0.1) is 19.8 Å². The van der Waals surface area contributed by atoms with Crippen LogP contribution >= 0.6 is 0 Å². The Morgan fingerprint density at radius 1 is 0.550 bits per heavy atom. The van der Waals surface area contributed by atoms with Gasteiger partial charge in [-0.25, -0.2) is 0 Å². The summed E-state index contributed by atoms with van der Waals surface area (Å²) in [5.41, 5.74) is 0. The molecule has 6 unspecified atom stereocenters. The number of hydrogen-bond acceptors (Lipinski definition) is 9. The number of hydrogen-bond donors (Lipinski definition) is 4. The van der Waals surface area contributed by atoms with Crippen molar-refractivity contribution in [1.82, 2.24) is 0 Å². The van der Waals surface area contributed by atoms with Crippen molar-refractivity contribution in [3.8, 4) is 0 Å². The summed E-state index contributed by atoms with van der Waals surface area (Å²) in [6.45, 7) is 4.40. The van der Waals surface area contributed by atoms with Crippen molar-refractivity contribution >= 4 is 5.97 Å². The summed E-state index contributed by atoms with van der Waals surface area (Å²) >= 11 is 0. The molecular formula is C51H88O9. The number of esters is 1. The first-order valence-electron chi connectivity index (χ1n) is 24.0. The fourth-order valence-electron chi connectivity index (χ4n) is 6.87. The molecular weight excluding hydrogens is 757 g/mol. The molecule has 346 valence electrons. The highest BCUT2D eigenvalue weighted by molar-refractivity contribution is 5.69. The highest BCUT2D eigenvalue weighted by atomic mass is 16.7. The van der Waals surface area contributed by atoms with Gasteiger partial charge in [-0.2, -0.15) is 0 Å². The number of aliphatic hydroxyl groups excluding tert-OH is 4. The van der Waals surface area contributed by atoms with Gasteiger partial charge in [-0.3, -0.25) is 4.79 Å². The largest absolute Gasteiger partial charge is 0.457 e. The minimum absolute atomic E-state index is 0.127. The molecule has 6 atom stereocenters. The van der Waals surface area contributed by atoms with Crippen LogP contribution in [0, 0.1) is 0 Å². The molecule has 0 bridgehead atoms. The first-order chi connectivity index (χ1) is 29.4. The maximum atomic E-state index is 12.8. The zero-order valence-corrected chi connectivity index (χ0v) is 37.9. The van der Waals surface area contributed by atoms with Crippen LogP contribution in [0.2, 0.25) is 0 Å². The molecule has 0 aromatic carbocycles. The monoisotopic (exact) mass is 845 g/mol. The van der Waals surface area contributed by atoms with E-state index in [1.807, 2.05) is 0 Å². The lowest BCUT2D eigenvalue weighted by Gasteiger charge is -2.39.